The van der Waals surface area contributed by atoms with E-state index in [4.69, 9.17) is 0 Å². The molecule has 1 aromatic carbocycles. The SMILES string of the molecule is CC(c1ccc(I)cc1)N1CCN(C)C(=O)C1. The van der Waals surface area contributed by atoms with Crippen LogP contribution < -0.4 is 0 Å². The summed E-state index contributed by atoms with van der Waals surface area (Å²) < 4.78 is 1.24. The van der Waals surface area contributed by atoms with Crippen molar-refractivity contribution < 1.29 is 4.79 Å². The minimum atomic E-state index is 0.216. The molecular weight excluding hydrogens is 327 g/mol. The van der Waals surface area contributed by atoms with Gasteiger partial charge in [0.05, 0.1) is 6.54 Å². The maximum Gasteiger partial charge on any atom is 0.236 e. The van der Waals surface area contributed by atoms with Crippen molar-refractivity contribution in [1.82, 2.24) is 9.80 Å². The summed E-state index contributed by atoms with van der Waals surface area (Å²) in [6.45, 7) is 4.48. The molecule has 1 unspecified atom stereocenters. The number of carbonyl (C=O) groups excluding carboxylic acids is 1. The number of likely N-dealkylation sites (N-methyl/N-ethyl adjacent to an activating group) is 1. The van der Waals surface area contributed by atoms with Gasteiger partial charge in [0.25, 0.3) is 0 Å². The number of halogens is 1. The van der Waals surface area contributed by atoms with Crippen LogP contribution in [0.15, 0.2) is 24.3 Å². The van der Waals surface area contributed by atoms with Gasteiger partial charge in [-0.05, 0) is 47.2 Å². The maximum absolute atomic E-state index is 11.7. The second-order valence-corrected chi connectivity index (χ2v) is 5.76. The molecule has 0 saturated carbocycles. The van der Waals surface area contributed by atoms with Gasteiger partial charge in [0.1, 0.15) is 0 Å². The summed E-state index contributed by atoms with van der Waals surface area (Å²) in [6, 6.07) is 8.84. The molecule has 92 valence electrons. The van der Waals surface area contributed by atoms with Gasteiger partial charge in [0.2, 0.25) is 5.91 Å². The van der Waals surface area contributed by atoms with Crippen molar-refractivity contribution in [3.8, 4) is 0 Å². The first-order chi connectivity index (χ1) is 8.08. The average molecular weight is 344 g/mol. The predicted molar refractivity (Wildman–Crippen MR) is 76.8 cm³/mol. The predicted octanol–water partition coefficient (Wildman–Crippen LogP) is 2.13. The third-order valence-corrected chi connectivity index (χ3v) is 4.11. The van der Waals surface area contributed by atoms with E-state index in [1.165, 1.54) is 9.13 Å². The highest BCUT2D eigenvalue weighted by atomic mass is 127. The Morgan fingerprint density at radius 3 is 2.47 bits per heavy atom. The van der Waals surface area contributed by atoms with Gasteiger partial charge < -0.3 is 4.90 Å². The summed E-state index contributed by atoms with van der Waals surface area (Å²) in [4.78, 5) is 15.7. The Hall–Kier alpha value is -0.620. The van der Waals surface area contributed by atoms with Crippen LogP contribution in [0.25, 0.3) is 0 Å². The van der Waals surface area contributed by atoms with Gasteiger partial charge in [0, 0.05) is 29.7 Å². The maximum atomic E-state index is 11.7. The molecule has 1 aliphatic heterocycles. The van der Waals surface area contributed by atoms with Crippen molar-refractivity contribution in [2.75, 3.05) is 26.7 Å². The van der Waals surface area contributed by atoms with E-state index >= 15 is 0 Å². The second-order valence-electron chi connectivity index (χ2n) is 4.51. The Balaban J connectivity index is 2.07. The quantitative estimate of drug-likeness (QED) is 0.768. The molecule has 0 radical (unpaired) electrons. The van der Waals surface area contributed by atoms with Crippen molar-refractivity contribution in [2.45, 2.75) is 13.0 Å². The van der Waals surface area contributed by atoms with Crippen LogP contribution in [0.3, 0.4) is 0 Å². The van der Waals surface area contributed by atoms with Crippen LogP contribution in [0.2, 0.25) is 0 Å². The number of hydrogen-bond acceptors (Lipinski definition) is 2. The first kappa shape index (κ1) is 12.8. The lowest BCUT2D eigenvalue weighted by atomic mass is 10.1. The molecule has 0 aromatic heterocycles. The standard InChI is InChI=1S/C13H17IN2O/c1-10(11-3-5-12(14)6-4-11)16-8-7-15(2)13(17)9-16/h3-6,10H,7-9H2,1-2H3. The fourth-order valence-corrected chi connectivity index (χ4v) is 2.42. The Morgan fingerprint density at radius 1 is 1.24 bits per heavy atom. The zero-order valence-electron chi connectivity index (χ0n) is 10.2. The van der Waals surface area contributed by atoms with Gasteiger partial charge in [0.15, 0.2) is 0 Å². The van der Waals surface area contributed by atoms with E-state index in [0.29, 0.717) is 12.6 Å². The van der Waals surface area contributed by atoms with Crippen LogP contribution in [0.5, 0.6) is 0 Å². The van der Waals surface area contributed by atoms with E-state index in [9.17, 15) is 4.79 Å². The highest BCUT2D eigenvalue weighted by Gasteiger charge is 2.25. The average Bonchev–Trinajstić information content (AvgIpc) is 2.33. The largest absolute Gasteiger partial charge is 0.343 e. The summed E-state index contributed by atoms with van der Waals surface area (Å²) in [6.07, 6.45) is 0. The summed E-state index contributed by atoms with van der Waals surface area (Å²) in [5, 5.41) is 0. The number of nitrogens with zero attached hydrogens (tertiary/aromatic N) is 2. The van der Waals surface area contributed by atoms with Crippen LogP contribution in [0, 0.1) is 3.57 Å². The van der Waals surface area contributed by atoms with Crippen LogP contribution in [0.1, 0.15) is 18.5 Å². The molecule has 1 aromatic rings. The molecule has 3 nitrogen and oxygen atoms in total. The number of hydrogen-bond donors (Lipinski definition) is 0. The fourth-order valence-electron chi connectivity index (χ4n) is 2.06. The molecule has 4 heteroatoms. The van der Waals surface area contributed by atoms with Gasteiger partial charge in [-0.3, -0.25) is 9.69 Å². The molecular formula is C13H17IN2O. The minimum absolute atomic E-state index is 0.216. The van der Waals surface area contributed by atoms with Gasteiger partial charge >= 0.3 is 0 Å². The Morgan fingerprint density at radius 2 is 1.88 bits per heavy atom. The molecule has 1 heterocycles. The second kappa shape index (κ2) is 5.35. The Labute approximate surface area is 116 Å². The lowest BCUT2D eigenvalue weighted by Crippen LogP contribution is -2.49. The topological polar surface area (TPSA) is 23.6 Å². The summed E-state index contributed by atoms with van der Waals surface area (Å²) in [7, 11) is 1.87. The van der Waals surface area contributed by atoms with E-state index in [2.05, 4.69) is 58.7 Å². The third kappa shape index (κ3) is 2.98. The molecule has 1 atom stereocenters. The highest BCUT2D eigenvalue weighted by molar-refractivity contribution is 14.1. The van der Waals surface area contributed by atoms with Crippen molar-refractivity contribution in [1.29, 1.82) is 0 Å². The third-order valence-electron chi connectivity index (χ3n) is 3.39. The Kier molecular flexibility index (Phi) is 4.04. The molecule has 0 N–H and O–H groups in total. The molecule has 1 saturated heterocycles. The number of piperazine rings is 1. The molecule has 17 heavy (non-hydrogen) atoms. The first-order valence-electron chi connectivity index (χ1n) is 5.81. The van der Waals surface area contributed by atoms with Crippen molar-refractivity contribution in [3.63, 3.8) is 0 Å². The van der Waals surface area contributed by atoms with Crippen LogP contribution in [0.4, 0.5) is 0 Å². The molecule has 1 aliphatic rings. The molecule has 2 rings (SSSR count). The molecule has 0 spiro atoms. The smallest absolute Gasteiger partial charge is 0.236 e. The number of benzene rings is 1. The zero-order valence-corrected chi connectivity index (χ0v) is 12.3. The highest BCUT2D eigenvalue weighted by Crippen LogP contribution is 2.22. The fraction of sp³-hybridized carbons (Fsp3) is 0.462. The van der Waals surface area contributed by atoms with Crippen LogP contribution >= 0.6 is 22.6 Å². The number of rotatable bonds is 2. The van der Waals surface area contributed by atoms with Gasteiger partial charge in [-0.1, -0.05) is 12.1 Å². The summed E-state index contributed by atoms with van der Waals surface area (Å²) in [5.74, 6) is 0.216. The van der Waals surface area contributed by atoms with E-state index in [1.54, 1.807) is 4.90 Å². The van der Waals surface area contributed by atoms with Gasteiger partial charge in [-0.25, -0.2) is 0 Å². The van der Waals surface area contributed by atoms with Gasteiger partial charge in [-0.2, -0.15) is 0 Å². The van der Waals surface area contributed by atoms with Crippen molar-refractivity contribution >= 4 is 28.5 Å². The molecule has 0 bridgehead atoms. The minimum Gasteiger partial charge on any atom is -0.343 e. The van der Waals surface area contributed by atoms with Crippen LogP contribution in [-0.2, 0) is 4.79 Å². The molecule has 0 aliphatic carbocycles. The van der Waals surface area contributed by atoms with E-state index < -0.39 is 0 Å². The summed E-state index contributed by atoms with van der Waals surface area (Å²) in [5.41, 5.74) is 1.28. The lowest BCUT2D eigenvalue weighted by molar-refractivity contribution is -0.135. The van der Waals surface area contributed by atoms with Crippen LogP contribution in [-0.4, -0.2) is 42.4 Å². The van der Waals surface area contributed by atoms with Crippen molar-refractivity contribution in [3.05, 3.63) is 33.4 Å². The van der Waals surface area contributed by atoms with Gasteiger partial charge in [-0.15, -0.1) is 0 Å². The lowest BCUT2D eigenvalue weighted by Gasteiger charge is -2.36. The van der Waals surface area contributed by atoms with E-state index in [-0.39, 0.29) is 5.91 Å². The normalized spacial score (nSPS) is 19.5. The monoisotopic (exact) mass is 344 g/mol. The number of amides is 1. The number of carbonyl (C=O) groups is 1. The van der Waals surface area contributed by atoms with Crippen molar-refractivity contribution in [2.24, 2.45) is 0 Å². The zero-order chi connectivity index (χ0) is 12.4. The molecule has 1 amide bonds. The molecule has 1 fully saturated rings. The van der Waals surface area contributed by atoms with E-state index in [0.717, 1.165) is 13.1 Å². The first-order valence-corrected chi connectivity index (χ1v) is 6.89. The van der Waals surface area contributed by atoms with E-state index in [1.807, 2.05) is 7.05 Å². The Bertz CT molecular complexity index is 404. The summed E-state index contributed by atoms with van der Waals surface area (Å²) >= 11 is 2.31.